The van der Waals surface area contributed by atoms with Gasteiger partial charge >= 0.3 is 0 Å². The largest absolute Gasteiger partial charge is 0.390 e. The molecule has 2 atom stereocenters. The van der Waals surface area contributed by atoms with Crippen LogP contribution >= 0.6 is 11.6 Å². The highest BCUT2D eigenvalue weighted by Gasteiger charge is 2.21. The Bertz CT molecular complexity index is 348. The van der Waals surface area contributed by atoms with E-state index < -0.39 is 6.10 Å². The quantitative estimate of drug-likeness (QED) is 0.861. The molecule has 16 heavy (non-hydrogen) atoms. The maximum atomic E-state index is 10.00. The zero-order valence-electron chi connectivity index (χ0n) is 10.2. The van der Waals surface area contributed by atoms with Crippen molar-refractivity contribution in [2.75, 3.05) is 7.11 Å². The van der Waals surface area contributed by atoms with Crippen LogP contribution in [0.25, 0.3) is 0 Å². The zero-order valence-corrected chi connectivity index (χ0v) is 11.0. The van der Waals surface area contributed by atoms with E-state index in [1.807, 2.05) is 20.9 Å². The van der Waals surface area contributed by atoms with Crippen molar-refractivity contribution >= 4 is 11.6 Å². The van der Waals surface area contributed by atoms with E-state index >= 15 is 0 Å². The van der Waals surface area contributed by atoms with Gasteiger partial charge < -0.3 is 9.84 Å². The fourth-order valence-corrected chi connectivity index (χ4v) is 2.06. The van der Waals surface area contributed by atoms with Crippen molar-refractivity contribution < 1.29 is 9.84 Å². The number of ether oxygens (including phenoxy) is 1. The van der Waals surface area contributed by atoms with Gasteiger partial charge in [-0.25, -0.2) is 0 Å². The number of aliphatic hydroxyl groups is 1. The lowest BCUT2D eigenvalue weighted by atomic mass is 10.1. The fourth-order valence-electron chi connectivity index (χ4n) is 1.83. The number of aryl methyl sites for hydroxylation is 2. The van der Waals surface area contributed by atoms with Crippen LogP contribution in [0.4, 0.5) is 0 Å². The molecule has 0 aliphatic heterocycles. The average Bonchev–Trinajstić information content (AvgIpc) is 2.47. The lowest BCUT2D eigenvalue weighted by molar-refractivity contribution is -0.0136. The molecule has 0 aliphatic rings. The number of aromatic nitrogens is 2. The second kappa shape index (κ2) is 5.66. The first kappa shape index (κ1) is 13.5. The van der Waals surface area contributed by atoms with Gasteiger partial charge in [0.2, 0.25) is 0 Å². The first-order valence-corrected chi connectivity index (χ1v) is 5.77. The third-order valence-corrected chi connectivity index (χ3v) is 3.29. The lowest BCUT2D eigenvalue weighted by Crippen LogP contribution is -2.30. The van der Waals surface area contributed by atoms with E-state index in [1.54, 1.807) is 11.8 Å². The van der Waals surface area contributed by atoms with Crippen LogP contribution in [-0.4, -0.2) is 34.2 Å². The van der Waals surface area contributed by atoms with E-state index in [2.05, 4.69) is 5.10 Å². The molecule has 0 saturated heterocycles. The molecule has 1 aromatic heterocycles. The fraction of sp³-hybridized carbons (Fsp3) is 0.727. The number of halogens is 1. The number of rotatable bonds is 5. The molecule has 4 nitrogen and oxygen atoms in total. The van der Waals surface area contributed by atoms with Crippen molar-refractivity contribution in [3.05, 3.63) is 16.4 Å². The van der Waals surface area contributed by atoms with Gasteiger partial charge in [-0.05, 0) is 13.3 Å². The Morgan fingerprint density at radius 2 is 2.19 bits per heavy atom. The average molecular weight is 247 g/mol. The third-order valence-electron chi connectivity index (χ3n) is 2.80. The Hall–Kier alpha value is -0.580. The molecule has 1 aromatic rings. The topological polar surface area (TPSA) is 47.3 Å². The van der Waals surface area contributed by atoms with Crippen LogP contribution in [-0.2, 0) is 18.2 Å². The molecular weight excluding hydrogens is 228 g/mol. The van der Waals surface area contributed by atoms with Gasteiger partial charge in [-0.3, -0.25) is 4.68 Å². The molecule has 0 fully saturated rings. The van der Waals surface area contributed by atoms with Gasteiger partial charge in [0.1, 0.15) is 0 Å². The Kier molecular flexibility index (Phi) is 4.77. The standard InChI is InChI=1S/C11H19ClN2O2/c1-5-10(16-4)9(15)6-8-11(12)7(2)13-14(8)3/h9-10,15H,5-6H2,1-4H3. The number of nitrogens with zero attached hydrogens (tertiary/aromatic N) is 2. The smallest absolute Gasteiger partial charge is 0.0857 e. The van der Waals surface area contributed by atoms with Crippen molar-refractivity contribution in [3.8, 4) is 0 Å². The molecule has 0 saturated carbocycles. The monoisotopic (exact) mass is 246 g/mol. The van der Waals surface area contributed by atoms with Crippen LogP contribution < -0.4 is 0 Å². The van der Waals surface area contributed by atoms with Gasteiger partial charge in [-0.15, -0.1) is 0 Å². The van der Waals surface area contributed by atoms with E-state index in [4.69, 9.17) is 16.3 Å². The number of hydrogen-bond acceptors (Lipinski definition) is 3. The van der Waals surface area contributed by atoms with Crippen molar-refractivity contribution in [3.63, 3.8) is 0 Å². The van der Waals surface area contributed by atoms with Crippen LogP contribution in [0.15, 0.2) is 0 Å². The van der Waals surface area contributed by atoms with Gasteiger partial charge in [-0.2, -0.15) is 5.10 Å². The molecule has 1 heterocycles. The van der Waals surface area contributed by atoms with Crippen LogP contribution in [0.5, 0.6) is 0 Å². The van der Waals surface area contributed by atoms with Crippen molar-refractivity contribution in [1.29, 1.82) is 0 Å². The molecule has 0 radical (unpaired) electrons. The minimum absolute atomic E-state index is 0.161. The maximum absolute atomic E-state index is 10.00. The molecule has 5 heteroatoms. The summed E-state index contributed by atoms with van der Waals surface area (Å²) in [5.74, 6) is 0. The second-order valence-electron chi connectivity index (χ2n) is 3.92. The first-order chi connectivity index (χ1) is 7.51. The Morgan fingerprint density at radius 1 is 1.56 bits per heavy atom. The van der Waals surface area contributed by atoms with E-state index in [0.717, 1.165) is 17.8 Å². The van der Waals surface area contributed by atoms with Crippen LogP contribution in [0, 0.1) is 6.92 Å². The summed E-state index contributed by atoms with van der Waals surface area (Å²) < 4.78 is 6.91. The summed E-state index contributed by atoms with van der Waals surface area (Å²) in [6, 6.07) is 0. The normalized spacial score (nSPS) is 15.1. The minimum atomic E-state index is -0.553. The molecule has 0 aromatic carbocycles. The number of methoxy groups -OCH3 is 1. The van der Waals surface area contributed by atoms with Gasteiger partial charge in [0.25, 0.3) is 0 Å². The minimum Gasteiger partial charge on any atom is -0.390 e. The van der Waals surface area contributed by atoms with Crippen LogP contribution in [0.2, 0.25) is 5.02 Å². The molecule has 2 unspecified atom stereocenters. The van der Waals surface area contributed by atoms with Gasteiger partial charge in [0.15, 0.2) is 0 Å². The van der Waals surface area contributed by atoms with E-state index in [0.29, 0.717) is 11.4 Å². The molecule has 0 bridgehead atoms. The van der Waals surface area contributed by atoms with Gasteiger partial charge in [0, 0.05) is 20.6 Å². The summed E-state index contributed by atoms with van der Waals surface area (Å²) in [4.78, 5) is 0. The van der Waals surface area contributed by atoms with Crippen LogP contribution in [0.1, 0.15) is 24.7 Å². The molecule has 0 spiro atoms. The Morgan fingerprint density at radius 3 is 2.56 bits per heavy atom. The Labute approximate surface area is 101 Å². The molecule has 0 aliphatic carbocycles. The zero-order chi connectivity index (χ0) is 12.3. The maximum Gasteiger partial charge on any atom is 0.0857 e. The van der Waals surface area contributed by atoms with Gasteiger partial charge in [-0.1, -0.05) is 18.5 Å². The van der Waals surface area contributed by atoms with Gasteiger partial charge in [0.05, 0.1) is 28.6 Å². The predicted molar refractivity (Wildman–Crippen MR) is 63.8 cm³/mol. The summed E-state index contributed by atoms with van der Waals surface area (Å²) in [6.07, 6.45) is 0.517. The summed E-state index contributed by atoms with van der Waals surface area (Å²) in [7, 11) is 3.43. The molecule has 1 rings (SSSR count). The van der Waals surface area contributed by atoms with Crippen molar-refractivity contribution in [1.82, 2.24) is 9.78 Å². The van der Waals surface area contributed by atoms with Crippen molar-refractivity contribution in [2.24, 2.45) is 7.05 Å². The number of hydrogen-bond donors (Lipinski definition) is 1. The highest BCUT2D eigenvalue weighted by Crippen LogP contribution is 2.22. The highest BCUT2D eigenvalue weighted by atomic mass is 35.5. The summed E-state index contributed by atoms with van der Waals surface area (Å²) >= 11 is 6.11. The SMILES string of the molecule is CCC(OC)C(O)Cc1c(Cl)c(C)nn1C. The molecule has 92 valence electrons. The predicted octanol–water partition coefficient (Wildman–Crippen LogP) is 1.71. The lowest BCUT2D eigenvalue weighted by Gasteiger charge is -2.20. The molecule has 0 amide bonds. The first-order valence-electron chi connectivity index (χ1n) is 5.40. The summed E-state index contributed by atoms with van der Waals surface area (Å²) in [6.45, 7) is 3.83. The van der Waals surface area contributed by atoms with E-state index in [9.17, 15) is 5.11 Å². The third kappa shape index (κ3) is 2.75. The van der Waals surface area contributed by atoms with E-state index in [1.165, 1.54) is 0 Å². The molecular formula is C11H19ClN2O2. The van der Waals surface area contributed by atoms with E-state index in [-0.39, 0.29) is 6.10 Å². The summed E-state index contributed by atoms with van der Waals surface area (Å²) in [5, 5.41) is 14.8. The van der Waals surface area contributed by atoms with Crippen LogP contribution in [0.3, 0.4) is 0 Å². The summed E-state index contributed by atoms with van der Waals surface area (Å²) in [5.41, 5.74) is 1.64. The second-order valence-corrected chi connectivity index (χ2v) is 4.30. The highest BCUT2D eigenvalue weighted by molar-refractivity contribution is 6.31. The van der Waals surface area contributed by atoms with Crippen molar-refractivity contribution in [2.45, 2.75) is 38.9 Å². The number of aliphatic hydroxyl groups excluding tert-OH is 1. The molecule has 1 N–H and O–H groups in total. The Balaban J connectivity index is 2.80.